The number of benzene rings is 2. The molecule has 0 aliphatic heterocycles. The second kappa shape index (κ2) is 11.8. The predicted molar refractivity (Wildman–Crippen MR) is 115 cm³/mol. The summed E-state index contributed by atoms with van der Waals surface area (Å²) >= 11 is 0. The molecule has 164 valence electrons. The Labute approximate surface area is 179 Å². The van der Waals surface area contributed by atoms with Gasteiger partial charge in [-0.1, -0.05) is 31.5 Å². The topological polar surface area (TPSA) is 78.9 Å². The molecular weight excluding hydrogens is 404 g/mol. The van der Waals surface area contributed by atoms with Crippen LogP contribution in [0.2, 0.25) is 0 Å². The van der Waals surface area contributed by atoms with Gasteiger partial charge >= 0.3 is 0 Å². The smallest absolute Gasteiger partial charge is 0.296 e. The first kappa shape index (κ1) is 24.1. The van der Waals surface area contributed by atoms with Crippen LogP contribution in [-0.4, -0.2) is 41.1 Å². The lowest BCUT2D eigenvalue weighted by Gasteiger charge is -2.15. The van der Waals surface area contributed by atoms with Crippen LogP contribution < -0.4 is 4.74 Å². The molecule has 0 aromatic heterocycles. The maximum atomic E-state index is 12.2. The fourth-order valence-electron chi connectivity index (χ4n) is 2.56. The first-order chi connectivity index (χ1) is 14.3. The molecule has 0 aliphatic rings. The van der Waals surface area contributed by atoms with E-state index in [-0.39, 0.29) is 23.3 Å². The summed E-state index contributed by atoms with van der Waals surface area (Å²) in [5.74, 6) is 0.963. The van der Waals surface area contributed by atoms with Crippen molar-refractivity contribution in [2.75, 3.05) is 26.4 Å². The molecular formula is C23H30O6S. The minimum atomic E-state index is -3.73. The maximum Gasteiger partial charge on any atom is 0.296 e. The first-order valence-corrected chi connectivity index (χ1v) is 11.4. The van der Waals surface area contributed by atoms with Gasteiger partial charge in [0.1, 0.15) is 12.0 Å². The summed E-state index contributed by atoms with van der Waals surface area (Å²) in [5.41, 5.74) is 1.61. The summed E-state index contributed by atoms with van der Waals surface area (Å²) < 4.78 is 41.0. The van der Waals surface area contributed by atoms with Crippen molar-refractivity contribution in [3.8, 4) is 5.75 Å². The second-order valence-corrected chi connectivity index (χ2v) is 9.24. The Bertz CT molecular complexity index is 875. The Hall–Kier alpha value is -2.22. The fraction of sp³-hybridized carbons (Fsp3) is 0.435. The van der Waals surface area contributed by atoms with Crippen LogP contribution in [0.1, 0.15) is 36.2 Å². The highest BCUT2D eigenvalue weighted by Crippen LogP contribution is 2.16. The second-order valence-electron chi connectivity index (χ2n) is 7.62. The van der Waals surface area contributed by atoms with Gasteiger partial charge in [-0.05, 0) is 55.7 Å². The van der Waals surface area contributed by atoms with Gasteiger partial charge in [0.2, 0.25) is 0 Å². The van der Waals surface area contributed by atoms with Crippen LogP contribution in [0.4, 0.5) is 0 Å². The third kappa shape index (κ3) is 8.26. The van der Waals surface area contributed by atoms with Crippen molar-refractivity contribution in [2.24, 2.45) is 11.8 Å². The minimum absolute atomic E-state index is 0.0492. The van der Waals surface area contributed by atoms with E-state index >= 15 is 0 Å². The molecule has 0 saturated heterocycles. The molecule has 30 heavy (non-hydrogen) atoms. The summed E-state index contributed by atoms with van der Waals surface area (Å²) in [6.45, 7) is 7.56. The third-order valence-corrected chi connectivity index (χ3v) is 5.82. The summed E-state index contributed by atoms with van der Waals surface area (Å²) in [5, 5.41) is 0. The van der Waals surface area contributed by atoms with Gasteiger partial charge in [-0.25, -0.2) is 0 Å². The van der Waals surface area contributed by atoms with Gasteiger partial charge in [0.15, 0.2) is 0 Å². The summed E-state index contributed by atoms with van der Waals surface area (Å²) in [4.78, 5) is 10.8. The van der Waals surface area contributed by atoms with Crippen LogP contribution in [-0.2, 0) is 19.0 Å². The van der Waals surface area contributed by atoms with Gasteiger partial charge in [-0.2, -0.15) is 8.42 Å². The fourth-order valence-corrected chi connectivity index (χ4v) is 3.58. The highest BCUT2D eigenvalue weighted by molar-refractivity contribution is 7.86. The largest absolute Gasteiger partial charge is 0.493 e. The number of aryl methyl sites for hydroxylation is 1. The molecule has 7 heteroatoms. The number of carbonyl (C=O) groups is 1. The van der Waals surface area contributed by atoms with E-state index in [1.54, 1.807) is 48.5 Å². The summed E-state index contributed by atoms with van der Waals surface area (Å²) in [6.07, 6.45) is 1.49. The number of hydrogen-bond donors (Lipinski definition) is 0. The van der Waals surface area contributed by atoms with E-state index in [0.29, 0.717) is 37.6 Å². The molecule has 0 N–H and O–H groups in total. The molecule has 0 heterocycles. The lowest BCUT2D eigenvalue weighted by Crippen LogP contribution is -2.17. The Kier molecular flexibility index (Phi) is 9.49. The highest BCUT2D eigenvalue weighted by Gasteiger charge is 2.16. The lowest BCUT2D eigenvalue weighted by molar-refractivity contribution is 0.0730. The SMILES string of the molecule is Cc1ccc(S(=O)(=O)OCC(C)CCOCC(C)COc2ccc(C=O)cc2)cc1. The van der Waals surface area contributed by atoms with Crippen molar-refractivity contribution in [1.29, 1.82) is 0 Å². The Morgan fingerprint density at radius 1 is 0.900 bits per heavy atom. The zero-order chi connectivity index (χ0) is 22.0. The zero-order valence-corrected chi connectivity index (χ0v) is 18.6. The van der Waals surface area contributed by atoms with Gasteiger partial charge in [0, 0.05) is 18.1 Å². The van der Waals surface area contributed by atoms with Crippen molar-refractivity contribution >= 4 is 16.4 Å². The molecule has 0 saturated carbocycles. The van der Waals surface area contributed by atoms with Gasteiger partial charge < -0.3 is 9.47 Å². The normalized spacial score (nSPS) is 13.6. The number of hydrogen-bond acceptors (Lipinski definition) is 6. The van der Waals surface area contributed by atoms with E-state index in [4.69, 9.17) is 13.7 Å². The van der Waals surface area contributed by atoms with Crippen LogP contribution >= 0.6 is 0 Å². The number of aldehydes is 1. The third-order valence-electron chi connectivity index (χ3n) is 4.53. The average molecular weight is 435 g/mol. The van der Waals surface area contributed by atoms with Gasteiger partial charge in [-0.3, -0.25) is 8.98 Å². The Morgan fingerprint density at radius 3 is 2.20 bits per heavy atom. The monoisotopic (exact) mass is 434 g/mol. The average Bonchev–Trinajstić information content (AvgIpc) is 2.74. The maximum absolute atomic E-state index is 12.2. The number of rotatable bonds is 13. The van der Waals surface area contributed by atoms with Gasteiger partial charge in [0.05, 0.1) is 24.7 Å². The molecule has 2 atom stereocenters. The van der Waals surface area contributed by atoms with E-state index in [2.05, 4.69) is 0 Å². The van der Waals surface area contributed by atoms with E-state index in [0.717, 1.165) is 11.8 Å². The molecule has 2 aromatic carbocycles. The van der Waals surface area contributed by atoms with Crippen LogP contribution in [0.25, 0.3) is 0 Å². The van der Waals surface area contributed by atoms with Crippen LogP contribution in [0, 0.1) is 18.8 Å². The molecule has 0 amide bonds. The van der Waals surface area contributed by atoms with Crippen molar-refractivity contribution in [3.63, 3.8) is 0 Å². The number of carbonyl (C=O) groups excluding carboxylic acids is 1. The van der Waals surface area contributed by atoms with Crippen LogP contribution in [0.15, 0.2) is 53.4 Å². The molecule has 6 nitrogen and oxygen atoms in total. The Morgan fingerprint density at radius 2 is 1.57 bits per heavy atom. The lowest BCUT2D eigenvalue weighted by atomic mass is 10.1. The van der Waals surface area contributed by atoms with Crippen molar-refractivity contribution in [1.82, 2.24) is 0 Å². The molecule has 0 fully saturated rings. The van der Waals surface area contributed by atoms with E-state index in [1.807, 2.05) is 20.8 Å². The van der Waals surface area contributed by atoms with E-state index in [9.17, 15) is 13.2 Å². The Balaban J connectivity index is 1.61. The standard InChI is InChI=1S/C23H30O6S/c1-18-4-10-23(11-5-18)30(25,26)29-17-19(2)12-13-27-15-20(3)16-28-22-8-6-21(14-24)7-9-22/h4-11,14,19-20H,12-13,15-17H2,1-3H3. The first-order valence-electron chi connectivity index (χ1n) is 10.0. The molecule has 2 unspecified atom stereocenters. The summed E-state index contributed by atoms with van der Waals surface area (Å²) in [7, 11) is -3.73. The predicted octanol–water partition coefficient (Wildman–Crippen LogP) is 4.27. The van der Waals surface area contributed by atoms with E-state index in [1.165, 1.54) is 0 Å². The number of ether oxygens (including phenoxy) is 2. The highest BCUT2D eigenvalue weighted by atomic mass is 32.2. The van der Waals surface area contributed by atoms with Gasteiger partial charge in [-0.15, -0.1) is 0 Å². The van der Waals surface area contributed by atoms with Crippen molar-refractivity contribution < 1.29 is 26.9 Å². The molecule has 0 bridgehead atoms. The molecule has 0 aliphatic carbocycles. The molecule has 0 radical (unpaired) electrons. The van der Waals surface area contributed by atoms with Crippen LogP contribution in [0.3, 0.4) is 0 Å². The zero-order valence-electron chi connectivity index (χ0n) is 17.7. The quantitative estimate of drug-likeness (QED) is 0.266. The molecule has 2 rings (SSSR count). The van der Waals surface area contributed by atoms with Crippen LogP contribution in [0.5, 0.6) is 5.75 Å². The van der Waals surface area contributed by atoms with Crippen molar-refractivity contribution in [2.45, 2.75) is 32.1 Å². The molecule has 2 aromatic rings. The van der Waals surface area contributed by atoms with E-state index < -0.39 is 10.1 Å². The molecule has 0 spiro atoms. The minimum Gasteiger partial charge on any atom is -0.493 e. The van der Waals surface area contributed by atoms with Gasteiger partial charge in [0.25, 0.3) is 10.1 Å². The van der Waals surface area contributed by atoms with Crippen molar-refractivity contribution in [3.05, 3.63) is 59.7 Å². The summed E-state index contributed by atoms with van der Waals surface area (Å²) in [6, 6.07) is 13.6.